The van der Waals surface area contributed by atoms with Gasteiger partial charge in [0.1, 0.15) is 5.69 Å². The van der Waals surface area contributed by atoms with E-state index in [1.165, 1.54) is 0 Å². The van der Waals surface area contributed by atoms with Crippen molar-refractivity contribution < 1.29 is 4.79 Å². The molecule has 1 aromatic heterocycles. The molecule has 1 amide bonds. The molecule has 1 fully saturated rings. The molecule has 2 heterocycles. The number of halogens is 2. The summed E-state index contributed by atoms with van der Waals surface area (Å²) in [5.74, 6) is 0.0114. The number of carbonyl (C=O) groups is 1. The summed E-state index contributed by atoms with van der Waals surface area (Å²) in [4.78, 5) is 13.8. The summed E-state index contributed by atoms with van der Waals surface area (Å²) in [6.45, 7) is 1.38. The molecule has 1 unspecified atom stereocenters. The highest BCUT2D eigenvalue weighted by Gasteiger charge is 2.26. The summed E-state index contributed by atoms with van der Waals surface area (Å²) in [6, 6.07) is 1.80. The number of aromatic nitrogens is 1. The summed E-state index contributed by atoms with van der Waals surface area (Å²) in [5.41, 5.74) is 6.38. The predicted octanol–water partition coefficient (Wildman–Crippen LogP) is 1.27. The lowest BCUT2D eigenvalue weighted by molar-refractivity contribution is 0.0781. The zero-order valence-electron chi connectivity index (χ0n) is 9.02. The van der Waals surface area contributed by atoms with Crippen molar-refractivity contribution in [3.63, 3.8) is 0 Å². The third-order valence-corrected chi connectivity index (χ3v) is 2.91. The number of nitrogens with zero attached hydrogens (tertiary/aromatic N) is 2. The second-order valence-electron chi connectivity index (χ2n) is 3.95. The van der Waals surface area contributed by atoms with Crippen LogP contribution < -0.4 is 5.73 Å². The summed E-state index contributed by atoms with van der Waals surface area (Å²) < 4.78 is 1.74. The lowest BCUT2D eigenvalue weighted by Gasteiger charge is -2.15. The zero-order valence-corrected chi connectivity index (χ0v) is 10.6. The summed E-state index contributed by atoms with van der Waals surface area (Å²) >= 11 is 5.83. The van der Waals surface area contributed by atoms with Crippen molar-refractivity contribution in [1.82, 2.24) is 9.47 Å². The van der Waals surface area contributed by atoms with Gasteiger partial charge in [-0.3, -0.25) is 4.79 Å². The minimum absolute atomic E-state index is 0. The molecule has 1 aliphatic rings. The van der Waals surface area contributed by atoms with Crippen molar-refractivity contribution in [2.75, 3.05) is 13.1 Å². The third kappa shape index (κ3) is 2.51. The van der Waals surface area contributed by atoms with Crippen molar-refractivity contribution in [1.29, 1.82) is 0 Å². The Bertz CT molecular complexity index is 391. The molecule has 0 aromatic carbocycles. The summed E-state index contributed by atoms with van der Waals surface area (Å²) in [7, 11) is 1.81. The fourth-order valence-corrected chi connectivity index (χ4v) is 2.12. The van der Waals surface area contributed by atoms with Crippen molar-refractivity contribution in [3.8, 4) is 0 Å². The standard InChI is InChI=1S/C10H14ClN3O.ClH/c1-13-5-7(11)4-9(13)10(15)14-3-2-8(12)6-14;/h4-5,8H,2-3,6,12H2,1H3;1H. The van der Waals surface area contributed by atoms with Gasteiger partial charge in [0.25, 0.3) is 5.91 Å². The highest BCUT2D eigenvalue weighted by molar-refractivity contribution is 6.31. The molecule has 0 spiro atoms. The van der Waals surface area contributed by atoms with Gasteiger partial charge in [0.15, 0.2) is 0 Å². The Kier molecular flexibility index (Phi) is 4.24. The van der Waals surface area contributed by atoms with Gasteiger partial charge in [-0.15, -0.1) is 12.4 Å². The first-order valence-electron chi connectivity index (χ1n) is 4.94. The van der Waals surface area contributed by atoms with Crippen molar-refractivity contribution in [2.45, 2.75) is 12.5 Å². The molecule has 2 rings (SSSR count). The number of aryl methyl sites for hydroxylation is 1. The lowest BCUT2D eigenvalue weighted by atomic mass is 10.3. The molecule has 90 valence electrons. The van der Waals surface area contributed by atoms with Crippen LogP contribution in [0.25, 0.3) is 0 Å². The van der Waals surface area contributed by atoms with Gasteiger partial charge in [0, 0.05) is 32.4 Å². The Labute approximate surface area is 106 Å². The number of amides is 1. The van der Waals surface area contributed by atoms with Gasteiger partial charge >= 0.3 is 0 Å². The van der Waals surface area contributed by atoms with Crippen LogP contribution in [0.4, 0.5) is 0 Å². The average molecular weight is 264 g/mol. The van der Waals surface area contributed by atoms with E-state index in [9.17, 15) is 4.79 Å². The maximum Gasteiger partial charge on any atom is 0.270 e. The molecule has 1 aliphatic heterocycles. The molecule has 0 saturated carbocycles. The topological polar surface area (TPSA) is 51.3 Å². The SMILES string of the molecule is Cl.Cn1cc(Cl)cc1C(=O)N1CCC(N)C1. The van der Waals surface area contributed by atoms with Crippen molar-refractivity contribution in [2.24, 2.45) is 12.8 Å². The highest BCUT2D eigenvalue weighted by atomic mass is 35.5. The van der Waals surface area contributed by atoms with Crippen molar-refractivity contribution >= 4 is 29.9 Å². The van der Waals surface area contributed by atoms with Crippen LogP contribution in [-0.2, 0) is 7.05 Å². The van der Waals surface area contributed by atoms with Crippen molar-refractivity contribution in [3.05, 3.63) is 23.0 Å². The van der Waals surface area contributed by atoms with E-state index in [4.69, 9.17) is 17.3 Å². The molecule has 0 bridgehead atoms. The molecule has 16 heavy (non-hydrogen) atoms. The van der Waals surface area contributed by atoms with Crippen LogP contribution in [0, 0.1) is 0 Å². The van der Waals surface area contributed by atoms with Crippen LogP contribution >= 0.6 is 24.0 Å². The van der Waals surface area contributed by atoms with Crippen LogP contribution in [0.5, 0.6) is 0 Å². The first-order valence-corrected chi connectivity index (χ1v) is 5.32. The van der Waals surface area contributed by atoms with Crippen LogP contribution in [0.2, 0.25) is 5.02 Å². The molecule has 6 heteroatoms. The monoisotopic (exact) mass is 263 g/mol. The molecule has 0 aliphatic carbocycles. The Hall–Kier alpha value is -0.710. The van der Waals surface area contributed by atoms with Crippen LogP contribution in [-0.4, -0.2) is 34.5 Å². The number of nitrogens with two attached hydrogens (primary N) is 1. The average Bonchev–Trinajstić information content (AvgIpc) is 2.71. The Balaban J connectivity index is 0.00000128. The van der Waals surface area contributed by atoms with Crippen LogP contribution in [0.15, 0.2) is 12.3 Å². The Morgan fingerprint density at radius 1 is 1.62 bits per heavy atom. The van der Waals surface area contributed by atoms with Crippen LogP contribution in [0.1, 0.15) is 16.9 Å². The van der Waals surface area contributed by atoms with Gasteiger partial charge in [-0.1, -0.05) is 11.6 Å². The number of carbonyl (C=O) groups excluding carboxylic acids is 1. The molecule has 2 N–H and O–H groups in total. The number of likely N-dealkylation sites (tertiary alicyclic amines) is 1. The van der Waals surface area contributed by atoms with Gasteiger partial charge in [-0.05, 0) is 12.5 Å². The molecular formula is C10H15Cl2N3O. The first kappa shape index (κ1) is 13.4. The number of rotatable bonds is 1. The minimum atomic E-state index is 0. The Morgan fingerprint density at radius 3 is 2.75 bits per heavy atom. The first-order chi connectivity index (χ1) is 7.08. The Morgan fingerprint density at radius 2 is 2.31 bits per heavy atom. The summed E-state index contributed by atoms with van der Waals surface area (Å²) in [5, 5.41) is 0.587. The van der Waals surface area contributed by atoms with E-state index in [0.717, 1.165) is 13.0 Å². The van der Waals surface area contributed by atoms with E-state index in [1.807, 2.05) is 7.05 Å². The maximum absolute atomic E-state index is 12.0. The van der Waals surface area contributed by atoms with E-state index < -0.39 is 0 Å². The molecular weight excluding hydrogens is 249 g/mol. The lowest BCUT2D eigenvalue weighted by Crippen LogP contribution is -2.32. The van der Waals surface area contributed by atoms with E-state index >= 15 is 0 Å². The van der Waals surface area contributed by atoms with Crippen LogP contribution in [0.3, 0.4) is 0 Å². The fraction of sp³-hybridized carbons (Fsp3) is 0.500. The van der Waals surface area contributed by atoms with Gasteiger partial charge in [0.05, 0.1) is 5.02 Å². The molecule has 1 saturated heterocycles. The molecule has 0 radical (unpaired) electrons. The molecule has 4 nitrogen and oxygen atoms in total. The van der Waals surface area contributed by atoms with Gasteiger partial charge in [-0.2, -0.15) is 0 Å². The minimum Gasteiger partial charge on any atom is -0.345 e. The van der Waals surface area contributed by atoms with E-state index in [2.05, 4.69) is 0 Å². The largest absolute Gasteiger partial charge is 0.345 e. The van der Waals surface area contributed by atoms with Gasteiger partial charge in [0.2, 0.25) is 0 Å². The van der Waals surface area contributed by atoms with Gasteiger partial charge in [-0.25, -0.2) is 0 Å². The zero-order chi connectivity index (χ0) is 11.0. The maximum atomic E-state index is 12.0. The fourth-order valence-electron chi connectivity index (χ4n) is 1.87. The second-order valence-corrected chi connectivity index (χ2v) is 4.39. The number of hydrogen-bond donors (Lipinski definition) is 1. The predicted molar refractivity (Wildman–Crippen MR) is 66.2 cm³/mol. The number of hydrogen-bond acceptors (Lipinski definition) is 2. The van der Waals surface area contributed by atoms with Gasteiger partial charge < -0.3 is 15.2 Å². The van der Waals surface area contributed by atoms with E-state index in [1.54, 1.807) is 21.7 Å². The molecule has 1 aromatic rings. The summed E-state index contributed by atoms with van der Waals surface area (Å²) in [6.07, 6.45) is 2.61. The van der Waals surface area contributed by atoms with E-state index in [-0.39, 0.29) is 24.4 Å². The van der Waals surface area contributed by atoms with E-state index in [0.29, 0.717) is 17.3 Å². The smallest absolute Gasteiger partial charge is 0.270 e. The highest BCUT2D eigenvalue weighted by Crippen LogP contribution is 2.17. The third-order valence-electron chi connectivity index (χ3n) is 2.70. The quantitative estimate of drug-likeness (QED) is 0.830. The second kappa shape index (κ2) is 5.08. The normalized spacial score (nSPS) is 19.7. The molecule has 1 atom stereocenters.